The molecule has 0 bridgehead atoms. The van der Waals surface area contributed by atoms with Crippen molar-refractivity contribution in [2.45, 2.75) is 45.7 Å². The van der Waals surface area contributed by atoms with Gasteiger partial charge in [0.05, 0.1) is 12.2 Å². The third-order valence-corrected chi connectivity index (χ3v) is 4.42. The number of benzene rings is 1. The minimum Gasteiger partial charge on any atom is -0.350 e. The van der Waals surface area contributed by atoms with E-state index in [1.807, 2.05) is 51.1 Å². The van der Waals surface area contributed by atoms with Crippen molar-refractivity contribution in [3.63, 3.8) is 0 Å². The number of amides is 2. The molecule has 0 aliphatic heterocycles. The van der Waals surface area contributed by atoms with Crippen LogP contribution in [0.25, 0.3) is 0 Å². The van der Waals surface area contributed by atoms with E-state index in [-0.39, 0.29) is 30.3 Å². The molecule has 0 fully saturated rings. The number of carbonyl (C=O) groups is 2. The second kappa shape index (κ2) is 9.65. The minimum atomic E-state index is -0.198. The highest BCUT2D eigenvalue weighted by molar-refractivity contribution is 5.92. The van der Waals surface area contributed by atoms with E-state index in [9.17, 15) is 9.59 Å². The lowest BCUT2D eigenvalue weighted by Gasteiger charge is -2.28. The summed E-state index contributed by atoms with van der Waals surface area (Å²) in [6, 6.07) is 9.74. The molecule has 2 atom stereocenters. The van der Waals surface area contributed by atoms with E-state index in [2.05, 4.69) is 15.3 Å². The largest absolute Gasteiger partial charge is 0.350 e. The van der Waals surface area contributed by atoms with E-state index < -0.39 is 0 Å². The van der Waals surface area contributed by atoms with Gasteiger partial charge in [0.1, 0.15) is 5.69 Å². The molecule has 1 aromatic carbocycles. The van der Waals surface area contributed by atoms with Crippen LogP contribution in [0, 0.1) is 0 Å². The highest BCUT2D eigenvalue weighted by Crippen LogP contribution is 2.13. The molecule has 0 radical (unpaired) electrons. The van der Waals surface area contributed by atoms with Gasteiger partial charge in [-0.25, -0.2) is 4.98 Å². The molecule has 0 aliphatic rings. The van der Waals surface area contributed by atoms with Crippen molar-refractivity contribution < 1.29 is 9.59 Å². The number of nitrogens with one attached hydrogen (secondary N) is 1. The average Bonchev–Trinajstić information content (AvgIpc) is 2.69. The Balaban J connectivity index is 1.96. The Kier molecular flexibility index (Phi) is 7.26. The molecular formula is C20H26N4O2. The number of nitrogens with zero attached hydrogens (tertiary/aromatic N) is 3. The van der Waals surface area contributed by atoms with E-state index in [0.29, 0.717) is 12.2 Å². The fraction of sp³-hybridized carbons (Fsp3) is 0.400. The van der Waals surface area contributed by atoms with Crippen LogP contribution >= 0.6 is 0 Å². The number of rotatable bonds is 8. The van der Waals surface area contributed by atoms with Crippen LogP contribution in [-0.2, 0) is 4.79 Å². The second-order valence-electron chi connectivity index (χ2n) is 6.30. The monoisotopic (exact) mass is 354 g/mol. The molecule has 1 aromatic heterocycles. The van der Waals surface area contributed by atoms with Crippen LogP contribution in [0.1, 0.15) is 55.7 Å². The SMILES string of the molecule is CCC(C)N(CCC(=O)NC(C)c1ccccc1)C(=O)c1cnccn1. The Morgan fingerprint density at radius 2 is 1.88 bits per heavy atom. The molecule has 2 amide bonds. The summed E-state index contributed by atoms with van der Waals surface area (Å²) in [6.07, 6.45) is 5.52. The van der Waals surface area contributed by atoms with Gasteiger partial charge in [0.15, 0.2) is 0 Å². The number of aromatic nitrogens is 2. The van der Waals surface area contributed by atoms with Gasteiger partial charge in [0.2, 0.25) is 5.91 Å². The maximum Gasteiger partial charge on any atom is 0.274 e. The molecule has 26 heavy (non-hydrogen) atoms. The van der Waals surface area contributed by atoms with Crippen LogP contribution in [-0.4, -0.2) is 39.3 Å². The Labute approximate surface area is 154 Å². The van der Waals surface area contributed by atoms with Gasteiger partial charge in [-0.15, -0.1) is 0 Å². The summed E-state index contributed by atoms with van der Waals surface area (Å²) in [5.41, 5.74) is 1.35. The van der Waals surface area contributed by atoms with Crippen LogP contribution in [0.4, 0.5) is 0 Å². The van der Waals surface area contributed by atoms with Gasteiger partial charge in [-0.05, 0) is 25.8 Å². The highest BCUT2D eigenvalue weighted by atomic mass is 16.2. The van der Waals surface area contributed by atoms with Crippen molar-refractivity contribution in [2.75, 3.05) is 6.54 Å². The maximum atomic E-state index is 12.7. The standard InChI is InChI=1S/C20H26N4O2/c1-4-15(2)24(20(26)18-14-21-11-12-22-18)13-10-19(25)23-16(3)17-8-6-5-7-9-17/h5-9,11-12,14-16H,4,10,13H2,1-3H3,(H,23,25). The fourth-order valence-electron chi connectivity index (χ4n) is 2.66. The van der Waals surface area contributed by atoms with Crippen molar-refractivity contribution in [1.29, 1.82) is 0 Å². The lowest BCUT2D eigenvalue weighted by Crippen LogP contribution is -2.41. The van der Waals surface area contributed by atoms with Crippen LogP contribution < -0.4 is 5.32 Å². The van der Waals surface area contributed by atoms with Gasteiger partial charge in [-0.2, -0.15) is 0 Å². The van der Waals surface area contributed by atoms with Gasteiger partial charge in [-0.1, -0.05) is 37.3 Å². The first-order chi connectivity index (χ1) is 12.5. The van der Waals surface area contributed by atoms with Crippen molar-refractivity contribution >= 4 is 11.8 Å². The van der Waals surface area contributed by atoms with Crippen molar-refractivity contribution in [1.82, 2.24) is 20.2 Å². The average molecular weight is 354 g/mol. The highest BCUT2D eigenvalue weighted by Gasteiger charge is 2.22. The molecule has 138 valence electrons. The zero-order valence-corrected chi connectivity index (χ0v) is 15.6. The number of hydrogen-bond acceptors (Lipinski definition) is 4. The molecule has 2 rings (SSSR count). The molecule has 1 N–H and O–H groups in total. The topological polar surface area (TPSA) is 75.2 Å². The Bertz CT molecular complexity index is 706. The summed E-state index contributed by atoms with van der Waals surface area (Å²) in [7, 11) is 0. The molecule has 0 spiro atoms. The summed E-state index contributed by atoms with van der Waals surface area (Å²) < 4.78 is 0. The molecule has 6 heteroatoms. The molecule has 0 aliphatic carbocycles. The first-order valence-electron chi connectivity index (χ1n) is 8.94. The van der Waals surface area contributed by atoms with Crippen LogP contribution in [0.3, 0.4) is 0 Å². The summed E-state index contributed by atoms with van der Waals surface area (Å²) in [4.78, 5) is 34.7. The van der Waals surface area contributed by atoms with Gasteiger partial charge in [-0.3, -0.25) is 14.6 Å². The quantitative estimate of drug-likeness (QED) is 0.791. The van der Waals surface area contributed by atoms with E-state index in [0.717, 1.165) is 12.0 Å². The maximum absolute atomic E-state index is 12.7. The lowest BCUT2D eigenvalue weighted by atomic mass is 10.1. The summed E-state index contributed by atoms with van der Waals surface area (Å²) >= 11 is 0. The lowest BCUT2D eigenvalue weighted by molar-refractivity contribution is -0.122. The number of carbonyl (C=O) groups excluding carboxylic acids is 2. The fourth-order valence-corrected chi connectivity index (χ4v) is 2.66. The van der Waals surface area contributed by atoms with Crippen LogP contribution in [0.15, 0.2) is 48.9 Å². The summed E-state index contributed by atoms with van der Waals surface area (Å²) in [6.45, 7) is 6.28. The van der Waals surface area contributed by atoms with E-state index in [1.54, 1.807) is 4.90 Å². The van der Waals surface area contributed by atoms with E-state index in [4.69, 9.17) is 0 Å². The summed E-state index contributed by atoms with van der Waals surface area (Å²) in [5.74, 6) is -0.280. The molecule has 6 nitrogen and oxygen atoms in total. The predicted octanol–water partition coefficient (Wildman–Crippen LogP) is 2.98. The Morgan fingerprint density at radius 3 is 2.50 bits per heavy atom. The van der Waals surface area contributed by atoms with Crippen molar-refractivity contribution in [3.8, 4) is 0 Å². The van der Waals surface area contributed by atoms with Gasteiger partial charge < -0.3 is 10.2 Å². The van der Waals surface area contributed by atoms with Crippen molar-refractivity contribution in [3.05, 3.63) is 60.2 Å². The molecule has 1 heterocycles. The van der Waals surface area contributed by atoms with Crippen LogP contribution in [0.2, 0.25) is 0 Å². The normalized spacial score (nSPS) is 12.9. The molecule has 2 aromatic rings. The zero-order valence-electron chi connectivity index (χ0n) is 15.6. The van der Waals surface area contributed by atoms with E-state index >= 15 is 0 Å². The Morgan fingerprint density at radius 1 is 1.15 bits per heavy atom. The van der Waals surface area contributed by atoms with Crippen LogP contribution in [0.5, 0.6) is 0 Å². The number of hydrogen-bond donors (Lipinski definition) is 1. The minimum absolute atomic E-state index is 0.0175. The first-order valence-corrected chi connectivity index (χ1v) is 8.94. The van der Waals surface area contributed by atoms with Gasteiger partial charge in [0.25, 0.3) is 5.91 Å². The molecule has 0 saturated heterocycles. The summed E-state index contributed by atoms with van der Waals surface area (Å²) in [5, 5.41) is 2.98. The van der Waals surface area contributed by atoms with Gasteiger partial charge in [0, 0.05) is 31.4 Å². The molecule has 0 saturated carbocycles. The second-order valence-corrected chi connectivity index (χ2v) is 6.30. The van der Waals surface area contributed by atoms with E-state index in [1.165, 1.54) is 18.6 Å². The third kappa shape index (κ3) is 5.37. The first kappa shape index (κ1) is 19.6. The molecule has 2 unspecified atom stereocenters. The third-order valence-electron chi connectivity index (χ3n) is 4.42. The Hall–Kier alpha value is -2.76. The van der Waals surface area contributed by atoms with Crippen molar-refractivity contribution in [2.24, 2.45) is 0 Å². The molecular weight excluding hydrogens is 328 g/mol. The smallest absolute Gasteiger partial charge is 0.274 e. The van der Waals surface area contributed by atoms with Gasteiger partial charge >= 0.3 is 0 Å². The predicted molar refractivity (Wildman–Crippen MR) is 100 cm³/mol. The zero-order chi connectivity index (χ0) is 18.9.